The van der Waals surface area contributed by atoms with Crippen molar-refractivity contribution in [1.82, 2.24) is 0 Å². The van der Waals surface area contributed by atoms with Crippen LogP contribution in [0.4, 0.5) is 0 Å². The molecule has 1 heteroatoms. The van der Waals surface area contributed by atoms with Gasteiger partial charge in [0.15, 0.2) is 5.78 Å². The second-order valence-corrected chi connectivity index (χ2v) is 3.35. The number of ketones is 1. The van der Waals surface area contributed by atoms with Gasteiger partial charge in [0.1, 0.15) is 0 Å². The Kier molecular flexibility index (Phi) is 23.5. The summed E-state index contributed by atoms with van der Waals surface area (Å²) >= 11 is 0. The molecule has 0 atom stereocenters. The quantitative estimate of drug-likeness (QED) is 0.264. The van der Waals surface area contributed by atoms with Gasteiger partial charge in [-0.2, -0.15) is 0 Å². The van der Waals surface area contributed by atoms with Crippen molar-refractivity contribution in [3.05, 3.63) is 72.4 Å². The van der Waals surface area contributed by atoms with Gasteiger partial charge in [-0.05, 0) is 20.8 Å². The van der Waals surface area contributed by atoms with Crippen LogP contribution < -0.4 is 0 Å². The highest BCUT2D eigenvalue weighted by molar-refractivity contribution is 6.10. The zero-order chi connectivity index (χ0) is 17.1. The highest BCUT2D eigenvalue weighted by Crippen LogP contribution is 2.09. The molecule has 0 radical (unpaired) electrons. The summed E-state index contributed by atoms with van der Waals surface area (Å²) < 4.78 is 0. The van der Waals surface area contributed by atoms with E-state index in [0.29, 0.717) is 0 Å². The zero-order valence-electron chi connectivity index (χ0n) is 14.8. The molecule has 0 heterocycles. The third-order valence-corrected chi connectivity index (χ3v) is 1.96. The second-order valence-electron chi connectivity index (χ2n) is 3.35. The van der Waals surface area contributed by atoms with Gasteiger partial charge in [0.2, 0.25) is 0 Å². The van der Waals surface area contributed by atoms with Crippen LogP contribution in [-0.2, 0) is 0 Å². The van der Waals surface area contributed by atoms with Gasteiger partial charge in [0.25, 0.3) is 0 Å². The normalized spacial score (nSPS) is 9.19. The molecule has 0 spiro atoms. The minimum Gasteiger partial charge on any atom is -0.289 e. The van der Waals surface area contributed by atoms with E-state index in [1.165, 1.54) is 0 Å². The Hall–Kier alpha value is -1.89. The third kappa shape index (κ3) is 12.9. The molecule has 0 aromatic heterocycles. The van der Waals surface area contributed by atoms with Crippen molar-refractivity contribution in [2.45, 2.75) is 48.5 Å². The number of hydrogen-bond acceptors (Lipinski definition) is 1. The van der Waals surface area contributed by atoms with E-state index in [-0.39, 0.29) is 5.78 Å². The molecule has 0 aliphatic rings. The molecule has 0 unspecified atom stereocenters. The number of carbonyl (C=O) groups excluding carboxylic acids is 1. The van der Waals surface area contributed by atoms with Crippen LogP contribution in [0.2, 0.25) is 0 Å². The second kappa shape index (κ2) is 20.4. The van der Waals surface area contributed by atoms with Crippen LogP contribution in [0.1, 0.15) is 58.8 Å². The average molecular weight is 288 g/mol. The summed E-state index contributed by atoms with van der Waals surface area (Å²) in [5.41, 5.74) is 1.47. The molecule has 1 nitrogen and oxygen atoms in total. The number of benzene rings is 1. The molecule has 0 saturated heterocycles. The highest BCUT2D eigenvalue weighted by atomic mass is 16.1. The first kappa shape index (κ1) is 24.1. The van der Waals surface area contributed by atoms with Crippen molar-refractivity contribution in [1.29, 1.82) is 0 Å². The Labute approximate surface area is 132 Å². The lowest BCUT2D eigenvalue weighted by molar-refractivity contribution is 0.103. The molecule has 0 saturated carbocycles. The largest absolute Gasteiger partial charge is 0.289 e. The van der Waals surface area contributed by atoms with Crippen LogP contribution in [0.15, 0.2) is 66.8 Å². The number of Topliss-reactive ketones (excluding diaryl/α,β-unsaturated/α-hetero) is 1. The lowest BCUT2D eigenvalue weighted by Crippen LogP contribution is -2.00. The van der Waals surface area contributed by atoms with Crippen LogP contribution in [-0.4, -0.2) is 5.78 Å². The van der Waals surface area contributed by atoms with Crippen molar-refractivity contribution in [2.24, 2.45) is 0 Å². The fraction of sp³-hybridized carbons (Fsp3) is 0.350. The Morgan fingerprint density at radius 2 is 1.38 bits per heavy atom. The van der Waals surface area contributed by atoms with Crippen LogP contribution in [0.5, 0.6) is 0 Å². The fourth-order valence-electron chi connectivity index (χ4n) is 1.24. The SMILES string of the molecule is C/C=C\C(=C/C)C(=O)c1ccccc1.C=CC.CC.CC. The maximum Gasteiger partial charge on any atom is 0.192 e. The fourth-order valence-corrected chi connectivity index (χ4v) is 1.24. The zero-order valence-corrected chi connectivity index (χ0v) is 14.8. The summed E-state index contributed by atoms with van der Waals surface area (Å²) in [4.78, 5) is 11.8. The maximum atomic E-state index is 11.8. The first-order valence-electron chi connectivity index (χ1n) is 7.67. The first-order valence-corrected chi connectivity index (χ1v) is 7.67. The lowest BCUT2D eigenvalue weighted by Gasteiger charge is -2.00. The Morgan fingerprint density at radius 3 is 1.71 bits per heavy atom. The summed E-state index contributed by atoms with van der Waals surface area (Å²) in [5.74, 6) is 0.0752. The van der Waals surface area contributed by atoms with E-state index < -0.39 is 0 Å². The van der Waals surface area contributed by atoms with Gasteiger partial charge in [-0.3, -0.25) is 4.79 Å². The molecule has 0 aliphatic carbocycles. The smallest absolute Gasteiger partial charge is 0.192 e. The molecule has 0 bridgehead atoms. The Balaban J connectivity index is -0.000000399. The summed E-state index contributed by atoms with van der Waals surface area (Å²) in [6.45, 7) is 17.0. The average Bonchev–Trinajstić information content (AvgIpc) is 2.57. The molecule has 0 amide bonds. The van der Waals surface area contributed by atoms with Crippen molar-refractivity contribution in [3.63, 3.8) is 0 Å². The van der Waals surface area contributed by atoms with E-state index in [0.717, 1.165) is 11.1 Å². The predicted octanol–water partition coefficient (Wildman–Crippen LogP) is 6.64. The molecule has 118 valence electrons. The maximum absolute atomic E-state index is 11.8. The van der Waals surface area contributed by atoms with E-state index in [9.17, 15) is 4.79 Å². The van der Waals surface area contributed by atoms with Crippen molar-refractivity contribution < 1.29 is 4.79 Å². The first-order chi connectivity index (χ1) is 10.2. The van der Waals surface area contributed by atoms with E-state index >= 15 is 0 Å². The van der Waals surface area contributed by atoms with E-state index in [2.05, 4.69) is 6.58 Å². The minimum absolute atomic E-state index is 0.0752. The number of hydrogen-bond donors (Lipinski definition) is 0. The Morgan fingerprint density at radius 1 is 0.952 bits per heavy atom. The van der Waals surface area contributed by atoms with Crippen molar-refractivity contribution in [2.75, 3.05) is 0 Å². The van der Waals surface area contributed by atoms with Gasteiger partial charge >= 0.3 is 0 Å². The van der Waals surface area contributed by atoms with Gasteiger partial charge in [-0.15, -0.1) is 6.58 Å². The standard InChI is InChI=1S/C13H14O.C3H6.2C2H6/c1-3-8-11(4-2)13(14)12-9-6-5-7-10-12;1-3-2;2*1-2/h3-10H,1-2H3;3H,1H2,2H3;2*1-2H3/b8-3-,11-4+;;;. The van der Waals surface area contributed by atoms with Crippen LogP contribution in [0.3, 0.4) is 0 Å². The van der Waals surface area contributed by atoms with Crippen LogP contribution in [0.25, 0.3) is 0 Å². The molecular formula is C20H32O. The number of allylic oxidation sites excluding steroid dienone is 5. The van der Waals surface area contributed by atoms with Gasteiger partial charge in [0, 0.05) is 11.1 Å². The molecule has 1 aromatic rings. The summed E-state index contributed by atoms with van der Waals surface area (Å²) in [6, 6.07) is 9.30. The topological polar surface area (TPSA) is 17.1 Å². The number of carbonyl (C=O) groups is 1. The van der Waals surface area contributed by atoms with Crippen molar-refractivity contribution in [3.8, 4) is 0 Å². The molecular weight excluding hydrogens is 256 g/mol. The van der Waals surface area contributed by atoms with Gasteiger partial charge in [0.05, 0.1) is 0 Å². The van der Waals surface area contributed by atoms with E-state index in [1.54, 1.807) is 6.08 Å². The highest BCUT2D eigenvalue weighted by Gasteiger charge is 2.06. The van der Waals surface area contributed by atoms with Gasteiger partial charge < -0.3 is 0 Å². The van der Waals surface area contributed by atoms with E-state index in [4.69, 9.17) is 0 Å². The molecule has 0 fully saturated rings. The van der Waals surface area contributed by atoms with E-state index in [1.807, 2.05) is 97.0 Å². The molecule has 1 rings (SSSR count). The van der Waals surface area contributed by atoms with Crippen molar-refractivity contribution >= 4 is 5.78 Å². The van der Waals surface area contributed by atoms with Crippen LogP contribution in [0, 0.1) is 0 Å². The van der Waals surface area contributed by atoms with Gasteiger partial charge in [-0.1, -0.05) is 82.3 Å². The lowest BCUT2D eigenvalue weighted by atomic mass is 10.0. The minimum atomic E-state index is 0.0752. The monoisotopic (exact) mass is 288 g/mol. The molecule has 21 heavy (non-hydrogen) atoms. The predicted molar refractivity (Wildman–Crippen MR) is 97.9 cm³/mol. The summed E-state index contributed by atoms with van der Waals surface area (Å²) in [6.07, 6.45) is 7.28. The summed E-state index contributed by atoms with van der Waals surface area (Å²) in [7, 11) is 0. The van der Waals surface area contributed by atoms with Gasteiger partial charge in [-0.25, -0.2) is 0 Å². The molecule has 0 N–H and O–H groups in total. The molecule has 1 aromatic carbocycles. The summed E-state index contributed by atoms with van der Waals surface area (Å²) in [5, 5.41) is 0. The Bertz CT molecular complexity index is 397. The molecule has 0 aliphatic heterocycles. The number of rotatable bonds is 3. The third-order valence-electron chi connectivity index (χ3n) is 1.96. The van der Waals surface area contributed by atoms with Crippen LogP contribution >= 0.6 is 0 Å².